The number of amides is 1. The van der Waals surface area contributed by atoms with E-state index >= 15 is 0 Å². The zero-order valence-electron chi connectivity index (χ0n) is 15.1. The lowest BCUT2D eigenvalue weighted by Gasteiger charge is -2.32. The minimum atomic E-state index is 0.00449. The number of carbonyl (C=O) groups is 1. The van der Waals surface area contributed by atoms with Crippen LogP contribution in [0.5, 0.6) is 0 Å². The van der Waals surface area contributed by atoms with E-state index in [0.717, 1.165) is 41.9 Å². The van der Waals surface area contributed by atoms with Gasteiger partial charge in [0.05, 0.1) is 12.5 Å². The molecule has 0 aliphatic carbocycles. The van der Waals surface area contributed by atoms with Crippen LogP contribution in [0, 0.1) is 13.8 Å². The topological polar surface area (TPSA) is 77.7 Å². The molecule has 26 heavy (non-hydrogen) atoms. The molecule has 3 aromatic rings. The van der Waals surface area contributed by atoms with Crippen LogP contribution in [-0.4, -0.2) is 44.1 Å². The van der Waals surface area contributed by atoms with E-state index in [2.05, 4.69) is 51.4 Å². The van der Waals surface area contributed by atoms with E-state index in [4.69, 9.17) is 0 Å². The monoisotopic (exact) mass is 349 g/mol. The van der Waals surface area contributed by atoms with Crippen molar-refractivity contribution in [1.82, 2.24) is 25.1 Å². The lowest BCUT2D eigenvalue weighted by molar-refractivity contribution is 0.0700. The molecule has 2 aromatic heterocycles. The number of H-pyrrole nitrogens is 2. The van der Waals surface area contributed by atoms with Crippen molar-refractivity contribution in [2.24, 2.45) is 0 Å². The maximum Gasteiger partial charge on any atom is 0.274 e. The molecule has 0 bridgehead atoms. The molecular formula is C20H23N5O. The lowest BCUT2D eigenvalue weighted by Crippen LogP contribution is -2.39. The maximum absolute atomic E-state index is 12.8. The highest BCUT2D eigenvalue weighted by molar-refractivity contribution is 5.93. The van der Waals surface area contributed by atoms with Crippen molar-refractivity contribution in [2.75, 3.05) is 13.1 Å². The van der Waals surface area contributed by atoms with Gasteiger partial charge in [0, 0.05) is 36.0 Å². The minimum absolute atomic E-state index is 0.00449. The van der Waals surface area contributed by atoms with Gasteiger partial charge in [-0.1, -0.05) is 29.8 Å². The van der Waals surface area contributed by atoms with Crippen molar-refractivity contribution in [3.05, 3.63) is 59.4 Å². The first-order chi connectivity index (χ1) is 12.6. The second-order valence-electron chi connectivity index (χ2n) is 7.03. The predicted octanol–water partition coefficient (Wildman–Crippen LogP) is 3.44. The van der Waals surface area contributed by atoms with E-state index < -0.39 is 0 Å². The van der Waals surface area contributed by atoms with Gasteiger partial charge in [-0.2, -0.15) is 5.10 Å². The van der Waals surface area contributed by atoms with Gasteiger partial charge in [-0.15, -0.1) is 0 Å². The van der Waals surface area contributed by atoms with Crippen molar-refractivity contribution in [3.8, 4) is 11.1 Å². The van der Waals surface area contributed by atoms with Gasteiger partial charge >= 0.3 is 0 Å². The lowest BCUT2D eigenvalue weighted by atomic mass is 9.90. The SMILES string of the molecule is Cc1ccc(-c2cn[nH]c2[C@@H]2CCCN(C(=O)c3nc[nH]c3C)C2)cc1. The first kappa shape index (κ1) is 16.6. The quantitative estimate of drug-likeness (QED) is 0.760. The van der Waals surface area contributed by atoms with E-state index in [0.29, 0.717) is 12.2 Å². The van der Waals surface area contributed by atoms with E-state index in [1.807, 2.05) is 18.0 Å². The van der Waals surface area contributed by atoms with Gasteiger partial charge in [0.2, 0.25) is 0 Å². The number of carbonyl (C=O) groups excluding carboxylic acids is 1. The van der Waals surface area contributed by atoms with E-state index in [1.165, 1.54) is 5.56 Å². The number of aromatic amines is 2. The summed E-state index contributed by atoms with van der Waals surface area (Å²) in [6.07, 6.45) is 5.49. The summed E-state index contributed by atoms with van der Waals surface area (Å²) in [5.41, 5.74) is 5.98. The molecule has 1 atom stereocenters. The molecule has 1 saturated heterocycles. The number of imidazole rings is 1. The third kappa shape index (κ3) is 3.03. The molecule has 1 aliphatic heterocycles. The fourth-order valence-corrected chi connectivity index (χ4v) is 3.69. The number of hydrogen-bond acceptors (Lipinski definition) is 3. The summed E-state index contributed by atoms with van der Waals surface area (Å²) in [5, 5.41) is 7.47. The summed E-state index contributed by atoms with van der Waals surface area (Å²) in [6, 6.07) is 8.48. The van der Waals surface area contributed by atoms with Crippen LogP contribution in [0.25, 0.3) is 11.1 Å². The molecule has 0 unspecified atom stereocenters. The fraction of sp³-hybridized carbons (Fsp3) is 0.350. The highest BCUT2D eigenvalue weighted by atomic mass is 16.2. The molecule has 6 heteroatoms. The van der Waals surface area contributed by atoms with Gasteiger partial charge < -0.3 is 9.88 Å². The molecule has 1 fully saturated rings. The average Bonchev–Trinajstić information content (AvgIpc) is 3.31. The van der Waals surface area contributed by atoms with Crippen LogP contribution in [0.1, 0.15) is 46.2 Å². The summed E-state index contributed by atoms with van der Waals surface area (Å²) in [5.74, 6) is 0.260. The van der Waals surface area contributed by atoms with Gasteiger partial charge in [-0.05, 0) is 32.3 Å². The largest absolute Gasteiger partial charge is 0.348 e. The molecule has 1 aliphatic rings. The Balaban J connectivity index is 1.57. The molecule has 2 N–H and O–H groups in total. The molecule has 3 heterocycles. The zero-order valence-corrected chi connectivity index (χ0v) is 15.1. The third-order valence-electron chi connectivity index (χ3n) is 5.18. The van der Waals surface area contributed by atoms with Crippen LogP contribution in [0.3, 0.4) is 0 Å². The summed E-state index contributed by atoms with van der Waals surface area (Å²) < 4.78 is 0. The van der Waals surface area contributed by atoms with Gasteiger partial charge in [-0.25, -0.2) is 4.98 Å². The number of nitrogens with zero attached hydrogens (tertiary/aromatic N) is 3. The van der Waals surface area contributed by atoms with Gasteiger partial charge in [0.15, 0.2) is 0 Å². The number of nitrogens with one attached hydrogen (secondary N) is 2. The van der Waals surface area contributed by atoms with Crippen LogP contribution in [-0.2, 0) is 0 Å². The van der Waals surface area contributed by atoms with Gasteiger partial charge in [-0.3, -0.25) is 9.89 Å². The first-order valence-electron chi connectivity index (χ1n) is 9.03. The smallest absolute Gasteiger partial charge is 0.274 e. The van der Waals surface area contributed by atoms with Crippen LogP contribution in [0.4, 0.5) is 0 Å². The summed E-state index contributed by atoms with van der Waals surface area (Å²) >= 11 is 0. The predicted molar refractivity (Wildman–Crippen MR) is 100.0 cm³/mol. The number of hydrogen-bond donors (Lipinski definition) is 2. The first-order valence-corrected chi connectivity index (χ1v) is 9.03. The van der Waals surface area contributed by atoms with Crippen LogP contribution < -0.4 is 0 Å². The Bertz CT molecular complexity index is 908. The molecule has 0 saturated carbocycles. The van der Waals surface area contributed by atoms with Crippen molar-refractivity contribution in [3.63, 3.8) is 0 Å². The van der Waals surface area contributed by atoms with Crippen molar-refractivity contribution in [1.29, 1.82) is 0 Å². The Labute approximate surface area is 152 Å². The number of benzene rings is 1. The molecule has 0 spiro atoms. The molecule has 1 aromatic carbocycles. The Kier molecular flexibility index (Phi) is 4.32. The van der Waals surface area contributed by atoms with Crippen LogP contribution in [0.2, 0.25) is 0 Å². The normalized spacial score (nSPS) is 17.5. The standard InChI is InChI=1S/C20H23N5O/c1-13-5-7-15(8-6-13)17-10-23-24-19(17)16-4-3-9-25(11-16)20(26)18-14(2)21-12-22-18/h5-8,10,12,16H,3-4,9,11H2,1-2H3,(H,21,22)(H,23,24)/t16-/m1/s1. The van der Waals surface area contributed by atoms with Crippen molar-refractivity contribution in [2.45, 2.75) is 32.6 Å². The average molecular weight is 349 g/mol. The highest BCUT2D eigenvalue weighted by Crippen LogP contribution is 2.33. The summed E-state index contributed by atoms with van der Waals surface area (Å²) in [7, 11) is 0. The maximum atomic E-state index is 12.8. The van der Waals surface area contributed by atoms with Crippen molar-refractivity contribution >= 4 is 5.91 Å². The molecule has 1 amide bonds. The second kappa shape index (κ2) is 6.78. The summed E-state index contributed by atoms with van der Waals surface area (Å²) in [6.45, 7) is 5.43. The summed E-state index contributed by atoms with van der Waals surface area (Å²) in [4.78, 5) is 21.9. The number of rotatable bonds is 3. The Morgan fingerprint density at radius 3 is 2.77 bits per heavy atom. The highest BCUT2D eigenvalue weighted by Gasteiger charge is 2.29. The van der Waals surface area contributed by atoms with E-state index in [-0.39, 0.29) is 11.8 Å². The molecule has 134 valence electrons. The third-order valence-corrected chi connectivity index (χ3v) is 5.18. The molecule has 4 rings (SSSR count). The van der Waals surface area contributed by atoms with Crippen molar-refractivity contribution < 1.29 is 4.79 Å². The zero-order chi connectivity index (χ0) is 18.1. The fourth-order valence-electron chi connectivity index (χ4n) is 3.69. The van der Waals surface area contributed by atoms with Crippen LogP contribution >= 0.6 is 0 Å². The molecular weight excluding hydrogens is 326 g/mol. The number of piperidine rings is 1. The Morgan fingerprint density at radius 2 is 2.04 bits per heavy atom. The Hall–Kier alpha value is -2.89. The molecule has 0 radical (unpaired) electrons. The van der Waals surface area contributed by atoms with E-state index in [1.54, 1.807) is 6.33 Å². The second-order valence-corrected chi connectivity index (χ2v) is 7.03. The van der Waals surface area contributed by atoms with Gasteiger partial charge in [0.1, 0.15) is 5.69 Å². The number of aromatic nitrogens is 4. The van der Waals surface area contributed by atoms with E-state index in [9.17, 15) is 4.79 Å². The van der Waals surface area contributed by atoms with Gasteiger partial charge in [0.25, 0.3) is 5.91 Å². The van der Waals surface area contributed by atoms with Crippen LogP contribution in [0.15, 0.2) is 36.8 Å². The number of likely N-dealkylation sites (tertiary alicyclic amines) is 1. The number of aryl methyl sites for hydroxylation is 2. The molecule has 6 nitrogen and oxygen atoms in total. The Morgan fingerprint density at radius 1 is 1.23 bits per heavy atom. The minimum Gasteiger partial charge on any atom is -0.348 e.